The number of hydrogen-bond acceptors (Lipinski definition) is 3. The number of nitrogens with zero attached hydrogens (tertiary/aromatic N) is 2. The summed E-state index contributed by atoms with van der Waals surface area (Å²) < 4.78 is 0. The van der Waals surface area contributed by atoms with Crippen molar-refractivity contribution in [1.29, 1.82) is 0 Å². The van der Waals surface area contributed by atoms with Crippen molar-refractivity contribution in [1.82, 2.24) is 15.2 Å². The molecule has 1 aromatic heterocycles. The number of amides is 1. The van der Waals surface area contributed by atoms with Gasteiger partial charge in [-0.15, -0.1) is 0 Å². The summed E-state index contributed by atoms with van der Waals surface area (Å²) in [6.07, 6.45) is 9.35. The van der Waals surface area contributed by atoms with Crippen molar-refractivity contribution in [3.05, 3.63) is 65.0 Å². The summed E-state index contributed by atoms with van der Waals surface area (Å²) in [4.78, 5) is 19.1. The molecular weight excluding hydrogens is 322 g/mol. The van der Waals surface area contributed by atoms with Gasteiger partial charge in [-0.3, -0.25) is 9.78 Å². The molecule has 1 aromatic carbocycles. The lowest BCUT2D eigenvalue weighted by molar-refractivity contribution is 0.0687. The molecule has 0 radical (unpaired) electrons. The molecule has 0 unspecified atom stereocenters. The van der Waals surface area contributed by atoms with Crippen LogP contribution in [0.5, 0.6) is 0 Å². The molecular formula is C22H27N3O. The molecule has 26 heavy (non-hydrogen) atoms. The van der Waals surface area contributed by atoms with Gasteiger partial charge in [0.05, 0.1) is 0 Å². The molecule has 136 valence electrons. The number of rotatable bonds is 4. The maximum absolute atomic E-state index is 12.9. The minimum absolute atomic E-state index is 0.198. The highest BCUT2D eigenvalue weighted by atomic mass is 16.2. The third kappa shape index (κ3) is 3.96. The Kier molecular flexibility index (Phi) is 5.30. The van der Waals surface area contributed by atoms with Crippen LogP contribution in [0.4, 0.5) is 0 Å². The van der Waals surface area contributed by atoms with Gasteiger partial charge in [0.25, 0.3) is 5.91 Å². The average molecular weight is 349 g/mol. The second-order valence-corrected chi connectivity index (χ2v) is 7.55. The fourth-order valence-electron chi connectivity index (χ4n) is 4.14. The largest absolute Gasteiger partial charge is 0.339 e. The smallest absolute Gasteiger partial charge is 0.253 e. The van der Waals surface area contributed by atoms with Crippen molar-refractivity contribution in [2.45, 2.75) is 38.6 Å². The summed E-state index contributed by atoms with van der Waals surface area (Å²) in [6.45, 7) is 3.68. The number of aromatic nitrogens is 1. The normalized spacial score (nSPS) is 17.8. The lowest BCUT2D eigenvalue weighted by atomic mass is 9.90. The van der Waals surface area contributed by atoms with Crippen LogP contribution < -0.4 is 5.32 Å². The zero-order chi connectivity index (χ0) is 17.8. The molecule has 0 aliphatic carbocycles. The third-order valence-corrected chi connectivity index (χ3v) is 5.81. The van der Waals surface area contributed by atoms with E-state index in [2.05, 4.69) is 28.5 Å². The molecule has 3 heterocycles. The summed E-state index contributed by atoms with van der Waals surface area (Å²) in [6, 6.07) is 10.4. The van der Waals surface area contributed by atoms with Gasteiger partial charge in [-0.1, -0.05) is 12.1 Å². The van der Waals surface area contributed by atoms with E-state index < -0.39 is 0 Å². The van der Waals surface area contributed by atoms with E-state index in [1.54, 1.807) is 0 Å². The summed E-state index contributed by atoms with van der Waals surface area (Å²) in [7, 11) is 0. The molecule has 2 aliphatic heterocycles. The minimum atomic E-state index is 0.198. The molecule has 4 heteroatoms. The van der Waals surface area contributed by atoms with Crippen LogP contribution in [0.15, 0.2) is 42.7 Å². The Morgan fingerprint density at radius 2 is 2.08 bits per heavy atom. The number of carbonyl (C=O) groups excluding carboxylic acids is 1. The van der Waals surface area contributed by atoms with Crippen molar-refractivity contribution >= 4 is 5.91 Å². The lowest BCUT2D eigenvalue weighted by Crippen LogP contribution is -2.38. The van der Waals surface area contributed by atoms with Crippen LogP contribution in [-0.4, -0.2) is 35.4 Å². The van der Waals surface area contributed by atoms with E-state index in [4.69, 9.17) is 0 Å². The van der Waals surface area contributed by atoms with Crippen LogP contribution >= 0.6 is 0 Å². The molecule has 0 atom stereocenters. The number of fused-ring (bicyclic) bond motifs is 1. The average Bonchev–Trinajstić information content (AvgIpc) is 2.72. The van der Waals surface area contributed by atoms with Crippen LogP contribution in [0.3, 0.4) is 0 Å². The van der Waals surface area contributed by atoms with Gasteiger partial charge in [0, 0.05) is 37.6 Å². The molecule has 0 spiro atoms. The van der Waals surface area contributed by atoms with E-state index in [1.165, 1.54) is 23.1 Å². The fourth-order valence-corrected chi connectivity index (χ4v) is 4.14. The zero-order valence-corrected chi connectivity index (χ0v) is 15.3. The van der Waals surface area contributed by atoms with E-state index in [9.17, 15) is 4.79 Å². The first-order chi connectivity index (χ1) is 12.8. The molecule has 1 saturated heterocycles. The number of pyridine rings is 1. The molecule has 0 saturated carbocycles. The first kappa shape index (κ1) is 17.2. The van der Waals surface area contributed by atoms with Crippen LogP contribution in [0.1, 0.15) is 46.3 Å². The van der Waals surface area contributed by atoms with Crippen molar-refractivity contribution < 1.29 is 4.79 Å². The van der Waals surface area contributed by atoms with Crippen molar-refractivity contribution in [3.8, 4) is 0 Å². The first-order valence-corrected chi connectivity index (χ1v) is 9.80. The second-order valence-electron chi connectivity index (χ2n) is 7.55. The van der Waals surface area contributed by atoms with Gasteiger partial charge < -0.3 is 10.2 Å². The molecule has 2 aliphatic rings. The molecule has 1 N–H and O–H groups in total. The molecule has 0 bridgehead atoms. The monoisotopic (exact) mass is 349 g/mol. The Bertz CT molecular complexity index is 751. The van der Waals surface area contributed by atoms with E-state index in [0.29, 0.717) is 5.92 Å². The molecule has 1 amide bonds. The fraction of sp³-hybridized carbons (Fsp3) is 0.455. The maximum atomic E-state index is 12.9. The lowest BCUT2D eigenvalue weighted by Gasteiger charge is -2.32. The van der Waals surface area contributed by atoms with Gasteiger partial charge in [0.1, 0.15) is 0 Å². The Labute approximate surface area is 155 Å². The number of hydrogen-bond donors (Lipinski definition) is 1. The SMILES string of the molecule is O=C(c1ccc2c(c1)CNCC2)N1CCC(CCc2cccnc2)CC1. The Morgan fingerprint density at radius 1 is 1.19 bits per heavy atom. The van der Waals surface area contributed by atoms with Gasteiger partial charge in [-0.25, -0.2) is 0 Å². The quantitative estimate of drug-likeness (QED) is 0.922. The van der Waals surface area contributed by atoms with E-state index in [-0.39, 0.29) is 5.91 Å². The minimum Gasteiger partial charge on any atom is -0.339 e. The van der Waals surface area contributed by atoms with E-state index >= 15 is 0 Å². The molecule has 2 aromatic rings. The predicted molar refractivity (Wildman–Crippen MR) is 103 cm³/mol. The molecule has 1 fully saturated rings. The highest BCUT2D eigenvalue weighted by molar-refractivity contribution is 5.94. The van der Waals surface area contributed by atoms with Gasteiger partial charge in [0.2, 0.25) is 0 Å². The second kappa shape index (κ2) is 8.00. The van der Waals surface area contributed by atoms with Gasteiger partial charge in [-0.05, 0) is 79.5 Å². The van der Waals surface area contributed by atoms with Crippen LogP contribution in [0, 0.1) is 5.92 Å². The van der Waals surface area contributed by atoms with Gasteiger partial charge in [-0.2, -0.15) is 0 Å². The molecule has 4 rings (SSSR count). The predicted octanol–water partition coefficient (Wildman–Crippen LogP) is 3.21. The number of nitrogens with one attached hydrogen (secondary N) is 1. The van der Waals surface area contributed by atoms with Crippen LogP contribution in [0.25, 0.3) is 0 Å². The zero-order valence-electron chi connectivity index (χ0n) is 15.3. The topological polar surface area (TPSA) is 45.2 Å². The van der Waals surface area contributed by atoms with Crippen LogP contribution in [0.2, 0.25) is 0 Å². The third-order valence-electron chi connectivity index (χ3n) is 5.81. The summed E-state index contributed by atoms with van der Waals surface area (Å²) in [5.74, 6) is 0.913. The van der Waals surface area contributed by atoms with Gasteiger partial charge >= 0.3 is 0 Å². The maximum Gasteiger partial charge on any atom is 0.253 e. The molecule has 4 nitrogen and oxygen atoms in total. The number of aryl methyl sites for hydroxylation is 1. The summed E-state index contributed by atoms with van der Waals surface area (Å²) in [5, 5.41) is 3.39. The van der Waals surface area contributed by atoms with E-state index in [1.807, 2.05) is 29.4 Å². The number of carbonyl (C=O) groups is 1. The van der Waals surface area contributed by atoms with E-state index in [0.717, 1.165) is 57.4 Å². The summed E-state index contributed by atoms with van der Waals surface area (Å²) >= 11 is 0. The van der Waals surface area contributed by atoms with Crippen molar-refractivity contribution in [2.24, 2.45) is 5.92 Å². The Hall–Kier alpha value is -2.20. The highest BCUT2D eigenvalue weighted by Crippen LogP contribution is 2.24. The standard InChI is InChI=1S/C22H27N3O/c26-22(20-6-5-19-7-11-24-16-21(19)14-20)25-12-8-17(9-13-25)3-4-18-2-1-10-23-15-18/h1-2,5-6,10,14-15,17,24H,3-4,7-9,11-13,16H2. The highest BCUT2D eigenvalue weighted by Gasteiger charge is 2.24. The number of benzene rings is 1. The van der Waals surface area contributed by atoms with Crippen molar-refractivity contribution in [2.75, 3.05) is 19.6 Å². The Balaban J connectivity index is 1.31. The number of piperidine rings is 1. The van der Waals surface area contributed by atoms with Gasteiger partial charge in [0.15, 0.2) is 0 Å². The Morgan fingerprint density at radius 3 is 2.88 bits per heavy atom. The van der Waals surface area contributed by atoms with Crippen molar-refractivity contribution in [3.63, 3.8) is 0 Å². The first-order valence-electron chi connectivity index (χ1n) is 9.80. The van der Waals surface area contributed by atoms with Crippen LogP contribution in [-0.2, 0) is 19.4 Å². The summed E-state index contributed by atoms with van der Waals surface area (Å²) in [5.41, 5.74) is 4.83. The number of likely N-dealkylation sites (tertiary alicyclic amines) is 1.